The van der Waals surface area contributed by atoms with Crippen molar-refractivity contribution in [1.29, 1.82) is 0 Å². The zero-order valence-corrected chi connectivity index (χ0v) is 16.8. The minimum atomic E-state index is -0.798. The number of nitro groups is 2. The lowest BCUT2D eigenvalue weighted by molar-refractivity contribution is -0.392. The molecule has 10 nitrogen and oxygen atoms in total. The van der Waals surface area contributed by atoms with E-state index in [9.17, 15) is 25.0 Å². The van der Waals surface area contributed by atoms with Gasteiger partial charge in [0, 0.05) is 34.6 Å². The second-order valence-corrected chi connectivity index (χ2v) is 6.66. The summed E-state index contributed by atoms with van der Waals surface area (Å²) in [7, 11) is 1.46. The molecule has 1 amide bonds. The van der Waals surface area contributed by atoms with Crippen LogP contribution in [0.25, 0.3) is 0 Å². The van der Waals surface area contributed by atoms with Crippen LogP contribution in [0.15, 0.2) is 60.7 Å². The lowest BCUT2D eigenvalue weighted by atomic mass is 10.1. The van der Waals surface area contributed by atoms with E-state index in [1.165, 1.54) is 37.4 Å². The van der Waals surface area contributed by atoms with E-state index in [0.29, 0.717) is 22.1 Å². The van der Waals surface area contributed by atoms with Crippen LogP contribution >= 0.6 is 11.6 Å². The third-order valence-corrected chi connectivity index (χ3v) is 4.45. The van der Waals surface area contributed by atoms with Crippen LogP contribution in [0.1, 0.15) is 10.4 Å². The van der Waals surface area contributed by atoms with Crippen molar-refractivity contribution in [1.82, 2.24) is 0 Å². The van der Waals surface area contributed by atoms with Crippen LogP contribution in [0.3, 0.4) is 0 Å². The number of carbonyl (C=O) groups excluding carboxylic acids is 1. The van der Waals surface area contributed by atoms with Gasteiger partial charge in [-0.1, -0.05) is 17.7 Å². The van der Waals surface area contributed by atoms with Gasteiger partial charge in [0.25, 0.3) is 5.91 Å². The number of halogens is 1. The minimum absolute atomic E-state index is 0.247. The van der Waals surface area contributed by atoms with Crippen molar-refractivity contribution < 1.29 is 19.4 Å². The SMILES string of the molecule is COc1cccc(NC(=O)c2cc([N+](=O)[O-])c(Nc3ccc(Cl)cc3)c([N+](=O)[O-])c2)c1. The number of anilines is 3. The number of carbonyl (C=O) groups is 1. The van der Waals surface area contributed by atoms with E-state index < -0.39 is 27.1 Å². The molecule has 0 saturated heterocycles. The molecule has 0 heterocycles. The molecule has 31 heavy (non-hydrogen) atoms. The maximum atomic E-state index is 12.6. The molecule has 0 saturated carbocycles. The number of nitrogens with zero attached hydrogens (tertiary/aromatic N) is 2. The Bertz CT molecular complexity index is 1130. The molecule has 158 valence electrons. The highest BCUT2D eigenvalue weighted by Gasteiger charge is 2.29. The van der Waals surface area contributed by atoms with E-state index in [0.717, 1.165) is 12.1 Å². The highest BCUT2D eigenvalue weighted by Crippen LogP contribution is 2.38. The molecule has 0 bridgehead atoms. The number of hydrogen-bond acceptors (Lipinski definition) is 7. The summed E-state index contributed by atoms with van der Waals surface area (Å²) >= 11 is 5.82. The first kappa shape index (κ1) is 21.5. The van der Waals surface area contributed by atoms with E-state index in [1.54, 1.807) is 18.2 Å². The van der Waals surface area contributed by atoms with E-state index in [4.69, 9.17) is 16.3 Å². The summed E-state index contributed by atoms with van der Waals surface area (Å²) < 4.78 is 5.08. The Morgan fingerprint density at radius 2 is 1.55 bits per heavy atom. The molecule has 0 fully saturated rings. The monoisotopic (exact) mass is 442 g/mol. The highest BCUT2D eigenvalue weighted by atomic mass is 35.5. The normalized spacial score (nSPS) is 10.3. The fourth-order valence-corrected chi connectivity index (χ4v) is 2.87. The van der Waals surface area contributed by atoms with Crippen molar-refractivity contribution >= 4 is 45.9 Å². The van der Waals surface area contributed by atoms with Crippen LogP contribution in [0.5, 0.6) is 5.75 Å². The predicted molar refractivity (Wildman–Crippen MR) is 115 cm³/mol. The Balaban J connectivity index is 2.02. The summed E-state index contributed by atoms with van der Waals surface area (Å²) in [5, 5.41) is 28.9. The molecule has 0 aromatic heterocycles. The molecule has 3 aromatic rings. The summed E-state index contributed by atoms with van der Waals surface area (Å²) in [6.07, 6.45) is 0. The van der Waals surface area contributed by atoms with E-state index in [2.05, 4.69) is 10.6 Å². The third-order valence-electron chi connectivity index (χ3n) is 4.19. The summed E-state index contributed by atoms with van der Waals surface area (Å²) in [6.45, 7) is 0. The standard InChI is InChI=1S/C20H15ClN4O6/c1-31-16-4-2-3-15(11-16)23-20(26)12-9-17(24(27)28)19(18(10-12)25(29)30)22-14-7-5-13(21)6-8-14/h2-11,22H,1H3,(H,23,26). The van der Waals surface area contributed by atoms with E-state index >= 15 is 0 Å². The van der Waals surface area contributed by atoms with Crippen molar-refractivity contribution in [2.24, 2.45) is 0 Å². The molecule has 2 N–H and O–H groups in total. The smallest absolute Gasteiger partial charge is 0.300 e. The number of methoxy groups -OCH3 is 1. The Labute approximate surface area is 180 Å². The molecule has 0 aliphatic carbocycles. The van der Waals surface area contributed by atoms with Gasteiger partial charge in [0.2, 0.25) is 0 Å². The number of benzene rings is 3. The maximum absolute atomic E-state index is 12.6. The van der Waals surface area contributed by atoms with Crippen molar-refractivity contribution in [3.05, 3.63) is 91.5 Å². The zero-order valence-electron chi connectivity index (χ0n) is 16.0. The van der Waals surface area contributed by atoms with Gasteiger partial charge in [-0.2, -0.15) is 0 Å². The van der Waals surface area contributed by atoms with Crippen LogP contribution in [0, 0.1) is 20.2 Å². The van der Waals surface area contributed by atoms with Crippen LogP contribution in [0.4, 0.5) is 28.4 Å². The molecule has 0 spiro atoms. The van der Waals surface area contributed by atoms with E-state index in [-0.39, 0.29) is 11.3 Å². The molecule has 0 aliphatic rings. The first-order valence-electron chi connectivity index (χ1n) is 8.73. The molecular formula is C20H15ClN4O6. The lowest BCUT2D eigenvalue weighted by Crippen LogP contribution is -2.13. The number of nitrogens with one attached hydrogen (secondary N) is 2. The van der Waals surface area contributed by atoms with Crippen LogP contribution in [0.2, 0.25) is 5.02 Å². The largest absolute Gasteiger partial charge is 0.497 e. The molecular weight excluding hydrogens is 428 g/mol. The number of rotatable bonds is 7. The van der Waals surface area contributed by atoms with Crippen molar-refractivity contribution in [2.75, 3.05) is 17.7 Å². The fourth-order valence-electron chi connectivity index (χ4n) is 2.74. The molecule has 0 atom stereocenters. The highest BCUT2D eigenvalue weighted by molar-refractivity contribution is 6.30. The molecule has 3 aromatic carbocycles. The minimum Gasteiger partial charge on any atom is -0.497 e. The van der Waals surface area contributed by atoms with Gasteiger partial charge in [0.15, 0.2) is 5.69 Å². The quantitative estimate of drug-likeness (QED) is 0.380. The Morgan fingerprint density at radius 1 is 0.935 bits per heavy atom. The molecule has 0 unspecified atom stereocenters. The first-order valence-corrected chi connectivity index (χ1v) is 9.11. The third kappa shape index (κ3) is 5.06. The van der Waals surface area contributed by atoms with Gasteiger partial charge in [-0.3, -0.25) is 25.0 Å². The van der Waals surface area contributed by atoms with Gasteiger partial charge in [-0.05, 0) is 36.4 Å². The average molecular weight is 443 g/mol. The van der Waals surface area contributed by atoms with Crippen molar-refractivity contribution in [3.63, 3.8) is 0 Å². The van der Waals surface area contributed by atoms with Crippen molar-refractivity contribution in [3.8, 4) is 5.75 Å². The first-order chi connectivity index (χ1) is 14.8. The van der Waals surface area contributed by atoms with E-state index in [1.807, 2.05) is 0 Å². The van der Waals surface area contributed by atoms with Gasteiger partial charge in [-0.15, -0.1) is 0 Å². The Hall–Kier alpha value is -4.18. The summed E-state index contributed by atoms with van der Waals surface area (Å²) in [6, 6.07) is 14.5. The van der Waals surface area contributed by atoms with Gasteiger partial charge in [0.05, 0.1) is 22.5 Å². The molecule has 11 heteroatoms. The van der Waals surface area contributed by atoms with Gasteiger partial charge < -0.3 is 15.4 Å². The van der Waals surface area contributed by atoms with Gasteiger partial charge in [0.1, 0.15) is 5.75 Å². The lowest BCUT2D eigenvalue weighted by Gasteiger charge is -2.11. The number of nitro benzene ring substituents is 2. The van der Waals surface area contributed by atoms with Crippen molar-refractivity contribution in [2.45, 2.75) is 0 Å². The van der Waals surface area contributed by atoms with Crippen LogP contribution < -0.4 is 15.4 Å². The second-order valence-electron chi connectivity index (χ2n) is 6.22. The van der Waals surface area contributed by atoms with Gasteiger partial charge >= 0.3 is 11.4 Å². The summed E-state index contributed by atoms with van der Waals surface area (Å²) in [5.74, 6) is -0.269. The number of hydrogen-bond donors (Lipinski definition) is 2. The molecule has 0 aliphatic heterocycles. The Morgan fingerprint density at radius 3 is 2.10 bits per heavy atom. The molecule has 0 radical (unpaired) electrons. The number of amides is 1. The zero-order chi connectivity index (χ0) is 22.5. The molecule has 3 rings (SSSR count). The summed E-state index contributed by atoms with van der Waals surface area (Å²) in [4.78, 5) is 34.3. The topological polar surface area (TPSA) is 137 Å². The second kappa shape index (κ2) is 9.09. The average Bonchev–Trinajstić information content (AvgIpc) is 2.75. The van der Waals surface area contributed by atoms with Gasteiger partial charge in [-0.25, -0.2) is 0 Å². The predicted octanol–water partition coefficient (Wildman–Crippen LogP) is 5.16. The van der Waals surface area contributed by atoms with Crippen LogP contribution in [-0.4, -0.2) is 22.9 Å². The maximum Gasteiger partial charge on any atom is 0.300 e. The Kier molecular flexibility index (Phi) is 6.32. The summed E-state index contributed by atoms with van der Waals surface area (Å²) in [5.41, 5.74) is -1.14. The number of ether oxygens (including phenoxy) is 1. The van der Waals surface area contributed by atoms with Crippen LogP contribution in [-0.2, 0) is 0 Å². The fraction of sp³-hybridized carbons (Fsp3) is 0.0500.